The van der Waals surface area contributed by atoms with E-state index in [-0.39, 0.29) is 12.0 Å². The summed E-state index contributed by atoms with van der Waals surface area (Å²) in [6, 6.07) is 0.652. The van der Waals surface area contributed by atoms with Crippen LogP contribution in [0.2, 0.25) is 0 Å². The van der Waals surface area contributed by atoms with Gasteiger partial charge in [-0.1, -0.05) is 0 Å². The lowest BCUT2D eigenvalue weighted by Crippen LogP contribution is -2.35. The van der Waals surface area contributed by atoms with E-state index in [1.165, 1.54) is 10.4 Å². The van der Waals surface area contributed by atoms with Crippen LogP contribution in [0.4, 0.5) is 0 Å². The van der Waals surface area contributed by atoms with Gasteiger partial charge in [0.05, 0.1) is 5.39 Å². The third-order valence-corrected chi connectivity index (χ3v) is 7.25. The van der Waals surface area contributed by atoms with Crippen molar-refractivity contribution >= 4 is 27.5 Å². The van der Waals surface area contributed by atoms with Crippen LogP contribution in [0.15, 0.2) is 6.33 Å². The van der Waals surface area contributed by atoms with E-state index < -0.39 is 0 Å². The van der Waals surface area contributed by atoms with Gasteiger partial charge in [-0.3, -0.25) is 4.79 Å². The summed E-state index contributed by atoms with van der Waals surface area (Å²) in [7, 11) is 4.31. The fraction of sp³-hybridized carbons (Fsp3) is 0.650. The molecule has 2 aromatic rings. The van der Waals surface area contributed by atoms with Gasteiger partial charge in [-0.2, -0.15) is 0 Å². The molecule has 0 aliphatic heterocycles. The first-order chi connectivity index (χ1) is 13.0. The molecule has 2 heterocycles. The van der Waals surface area contributed by atoms with Crippen LogP contribution in [0.1, 0.15) is 49.0 Å². The Morgan fingerprint density at radius 1 is 1.26 bits per heavy atom. The van der Waals surface area contributed by atoms with Crippen molar-refractivity contribution in [1.29, 1.82) is 0 Å². The molecule has 2 N–H and O–H groups in total. The maximum absolute atomic E-state index is 11.4. The van der Waals surface area contributed by atoms with E-state index in [0.29, 0.717) is 18.4 Å². The molecule has 0 bridgehead atoms. The SMILES string of the molecule is CN(C)[C@H]1CC[C@H](Oc2ncnc3sc4c(c23)C[C@H](CC(N)=O)CC4)CC1. The second-order valence-corrected chi connectivity index (χ2v) is 9.24. The van der Waals surface area contributed by atoms with Crippen LogP contribution in [-0.4, -0.2) is 47.0 Å². The van der Waals surface area contributed by atoms with Crippen molar-refractivity contribution in [1.82, 2.24) is 14.9 Å². The molecule has 2 aliphatic rings. The van der Waals surface area contributed by atoms with Crippen LogP contribution in [0.5, 0.6) is 5.88 Å². The van der Waals surface area contributed by atoms with E-state index >= 15 is 0 Å². The Labute approximate surface area is 164 Å². The van der Waals surface area contributed by atoms with Gasteiger partial charge in [-0.15, -0.1) is 11.3 Å². The number of rotatable bonds is 5. The van der Waals surface area contributed by atoms with Gasteiger partial charge in [-0.05, 0) is 70.5 Å². The number of nitrogens with two attached hydrogens (primary N) is 1. The largest absolute Gasteiger partial charge is 0.474 e. The van der Waals surface area contributed by atoms with Gasteiger partial charge in [0.1, 0.15) is 17.3 Å². The van der Waals surface area contributed by atoms with Gasteiger partial charge in [-0.25, -0.2) is 9.97 Å². The number of carbonyl (C=O) groups is 1. The number of aryl methyl sites for hydroxylation is 1. The van der Waals surface area contributed by atoms with Gasteiger partial charge in [0.25, 0.3) is 0 Å². The topological polar surface area (TPSA) is 81.3 Å². The minimum absolute atomic E-state index is 0.214. The number of amides is 1. The van der Waals surface area contributed by atoms with Crippen LogP contribution in [-0.2, 0) is 17.6 Å². The van der Waals surface area contributed by atoms with E-state index in [9.17, 15) is 4.79 Å². The maximum atomic E-state index is 11.4. The first kappa shape index (κ1) is 18.6. The second-order valence-electron chi connectivity index (χ2n) is 8.15. The number of thiophene rings is 1. The highest BCUT2D eigenvalue weighted by Gasteiger charge is 2.29. The molecule has 0 aromatic carbocycles. The number of carbonyl (C=O) groups excluding carboxylic acids is 1. The second kappa shape index (κ2) is 7.72. The lowest BCUT2D eigenvalue weighted by Gasteiger charge is -2.32. The van der Waals surface area contributed by atoms with Crippen molar-refractivity contribution in [3.63, 3.8) is 0 Å². The Kier molecular flexibility index (Phi) is 5.32. The highest BCUT2D eigenvalue weighted by molar-refractivity contribution is 7.18. The molecule has 1 amide bonds. The van der Waals surface area contributed by atoms with Gasteiger partial charge >= 0.3 is 0 Å². The molecule has 2 aliphatic carbocycles. The average Bonchev–Trinajstić information content (AvgIpc) is 3.00. The fourth-order valence-electron chi connectivity index (χ4n) is 4.54. The predicted molar refractivity (Wildman–Crippen MR) is 107 cm³/mol. The molecule has 7 heteroatoms. The zero-order chi connectivity index (χ0) is 19.0. The van der Waals surface area contributed by atoms with Gasteiger partial charge in [0.15, 0.2) is 0 Å². The first-order valence-electron chi connectivity index (χ1n) is 9.88. The summed E-state index contributed by atoms with van der Waals surface area (Å²) in [5.41, 5.74) is 6.71. The predicted octanol–water partition coefficient (Wildman–Crippen LogP) is 2.92. The van der Waals surface area contributed by atoms with Crippen molar-refractivity contribution in [3.8, 4) is 5.88 Å². The summed E-state index contributed by atoms with van der Waals surface area (Å²) in [4.78, 5) is 25.0. The average molecular weight is 389 g/mol. The van der Waals surface area contributed by atoms with Crippen LogP contribution in [0.3, 0.4) is 0 Å². The molecule has 1 fully saturated rings. The van der Waals surface area contributed by atoms with E-state index in [0.717, 1.165) is 61.0 Å². The summed E-state index contributed by atoms with van der Waals surface area (Å²) < 4.78 is 6.38. The van der Waals surface area contributed by atoms with Gasteiger partial charge < -0.3 is 15.4 Å². The first-order valence-corrected chi connectivity index (χ1v) is 10.7. The smallest absolute Gasteiger partial charge is 0.225 e. The maximum Gasteiger partial charge on any atom is 0.225 e. The van der Waals surface area contributed by atoms with Crippen molar-refractivity contribution in [3.05, 3.63) is 16.8 Å². The Morgan fingerprint density at radius 3 is 2.74 bits per heavy atom. The number of ether oxygens (including phenoxy) is 1. The van der Waals surface area contributed by atoms with Crippen LogP contribution in [0.25, 0.3) is 10.2 Å². The molecule has 1 atom stereocenters. The minimum Gasteiger partial charge on any atom is -0.474 e. The normalized spacial score (nSPS) is 25.5. The highest BCUT2D eigenvalue weighted by atomic mass is 32.1. The number of hydrogen-bond acceptors (Lipinski definition) is 6. The molecule has 6 nitrogen and oxygen atoms in total. The number of aromatic nitrogens is 2. The number of primary amides is 1. The quantitative estimate of drug-likeness (QED) is 0.852. The van der Waals surface area contributed by atoms with E-state index in [1.54, 1.807) is 17.7 Å². The summed E-state index contributed by atoms with van der Waals surface area (Å²) in [6.45, 7) is 0. The Balaban J connectivity index is 1.56. The Hall–Kier alpha value is -1.73. The summed E-state index contributed by atoms with van der Waals surface area (Å²) in [5, 5.41) is 1.07. The molecule has 0 saturated heterocycles. The monoisotopic (exact) mass is 388 g/mol. The molecular weight excluding hydrogens is 360 g/mol. The third-order valence-electron chi connectivity index (χ3n) is 6.05. The molecule has 4 rings (SSSR count). The van der Waals surface area contributed by atoms with Crippen LogP contribution in [0, 0.1) is 5.92 Å². The number of fused-ring (bicyclic) bond motifs is 3. The Morgan fingerprint density at radius 2 is 2.04 bits per heavy atom. The minimum atomic E-state index is -0.214. The number of nitrogens with zero attached hydrogens (tertiary/aromatic N) is 3. The van der Waals surface area contributed by atoms with E-state index in [1.807, 2.05) is 0 Å². The molecule has 1 saturated carbocycles. The van der Waals surface area contributed by atoms with E-state index in [2.05, 4.69) is 29.0 Å². The molecule has 0 radical (unpaired) electrons. The molecular formula is C20H28N4O2S. The van der Waals surface area contributed by atoms with Crippen molar-refractivity contribution in [2.45, 2.75) is 63.5 Å². The van der Waals surface area contributed by atoms with Crippen LogP contribution < -0.4 is 10.5 Å². The van der Waals surface area contributed by atoms with Crippen molar-refractivity contribution in [2.24, 2.45) is 11.7 Å². The zero-order valence-corrected chi connectivity index (χ0v) is 16.9. The molecule has 27 heavy (non-hydrogen) atoms. The molecule has 0 spiro atoms. The van der Waals surface area contributed by atoms with Gasteiger partial charge in [0.2, 0.25) is 11.8 Å². The third kappa shape index (κ3) is 3.94. The van der Waals surface area contributed by atoms with Crippen molar-refractivity contribution in [2.75, 3.05) is 14.1 Å². The highest BCUT2D eigenvalue weighted by Crippen LogP contribution is 2.41. The zero-order valence-electron chi connectivity index (χ0n) is 16.1. The van der Waals surface area contributed by atoms with Gasteiger partial charge in [0, 0.05) is 17.3 Å². The Bertz CT molecular complexity index is 827. The summed E-state index contributed by atoms with van der Waals surface area (Å²) in [6.07, 6.45) is 9.61. The standard InChI is InChI=1S/C20H28N4O2S/c1-24(2)13-4-6-14(7-5-13)26-19-18-15-9-12(10-17(21)25)3-8-16(15)27-20(18)23-11-22-19/h11-14H,3-10H2,1-2H3,(H2,21,25)/t12-,13-,14-/m1/s1. The van der Waals surface area contributed by atoms with Crippen LogP contribution >= 0.6 is 11.3 Å². The fourth-order valence-corrected chi connectivity index (χ4v) is 5.71. The lowest BCUT2D eigenvalue weighted by molar-refractivity contribution is -0.119. The summed E-state index contributed by atoms with van der Waals surface area (Å²) in [5.74, 6) is 0.829. The molecule has 0 unspecified atom stereocenters. The summed E-state index contributed by atoms with van der Waals surface area (Å²) >= 11 is 1.75. The van der Waals surface area contributed by atoms with Crippen molar-refractivity contribution < 1.29 is 9.53 Å². The van der Waals surface area contributed by atoms with E-state index in [4.69, 9.17) is 10.5 Å². The number of hydrogen-bond donors (Lipinski definition) is 1. The molecule has 146 valence electrons. The lowest BCUT2D eigenvalue weighted by atomic mass is 9.85. The molecule has 2 aromatic heterocycles.